The molecule has 0 aliphatic heterocycles. The van der Waals surface area contributed by atoms with Gasteiger partial charge in [-0.3, -0.25) is 9.59 Å². The summed E-state index contributed by atoms with van der Waals surface area (Å²) in [5, 5.41) is 11.7. The van der Waals surface area contributed by atoms with Crippen LogP contribution in [0.2, 0.25) is 0 Å². The summed E-state index contributed by atoms with van der Waals surface area (Å²) in [5.41, 5.74) is 1.17. The van der Waals surface area contributed by atoms with Gasteiger partial charge in [-0.2, -0.15) is 5.26 Å². The predicted octanol–water partition coefficient (Wildman–Crippen LogP) is 2.58. The first-order chi connectivity index (χ1) is 10.0. The number of hydrogen-bond acceptors (Lipinski definition) is 4. The van der Waals surface area contributed by atoms with Crippen molar-refractivity contribution in [2.24, 2.45) is 0 Å². The molecule has 0 saturated heterocycles. The highest BCUT2D eigenvalue weighted by molar-refractivity contribution is 6.06. The zero-order valence-electron chi connectivity index (χ0n) is 12.5. The molecule has 0 saturated carbocycles. The van der Waals surface area contributed by atoms with Crippen molar-refractivity contribution in [2.75, 3.05) is 18.4 Å². The molecule has 0 spiro atoms. The minimum absolute atomic E-state index is 0.0352. The third-order valence-electron chi connectivity index (χ3n) is 3.04. The molecule has 0 bridgehead atoms. The minimum atomic E-state index is -0.458. The van der Waals surface area contributed by atoms with E-state index in [0.717, 1.165) is 13.1 Å². The molecule has 0 aliphatic rings. The Balaban J connectivity index is 2.83. The molecular formula is C16H19N3O2. The standard InChI is InChI=1S/C16H19N3O2/c1-4-19(5-2)11-14(10-17)16(21)18-15-8-6-13(7-9-15)12(3)20/h6-9,11H,4-5H2,1-3H3,(H,18,21)/b14-11-. The van der Waals surface area contributed by atoms with Crippen molar-refractivity contribution in [2.45, 2.75) is 20.8 Å². The number of anilines is 1. The van der Waals surface area contributed by atoms with Gasteiger partial charge in [-0.1, -0.05) is 0 Å². The fourth-order valence-electron chi connectivity index (χ4n) is 1.71. The van der Waals surface area contributed by atoms with E-state index in [2.05, 4.69) is 5.32 Å². The largest absolute Gasteiger partial charge is 0.377 e. The number of rotatable bonds is 6. The fraction of sp³-hybridized carbons (Fsp3) is 0.312. The Bertz CT molecular complexity index is 579. The van der Waals surface area contributed by atoms with Crippen LogP contribution in [0.25, 0.3) is 0 Å². The van der Waals surface area contributed by atoms with Crippen LogP contribution in [0.1, 0.15) is 31.1 Å². The molecule has 1 aromatic carbocycles. The van der Waals surface area contributed by atoms with Crippen LogP contribution in [0.15, 0.2) is 36.0 Å². The number of nitriles is 1. The molecule has 0 atom stereocenters. The Morgan fingerprint density at radius 3 is 2.24 bits per heavy atom. The quantitative estimate of drug-likeness (QED) is 0.495. The lowest BCUT2D eigenvalue weighted by molar-refractivity contribution is -0.112. The molecule has 0 fully saturated rings. The molecule has 5 nitrogen and oxygen atoms in total. The summed E-state index contributed by atoms with van der Waals surface area (Å²) in [7, 11) is 0. The Hall–Kier alpha value is -2.61. The van der Waals surface area contributed by atoms with Crippen molar-refractivity contribution in [1.82, 2.24) is 4.90 Å². The van der Waals surface area contributed by atoms with Gasteiger partial charge >= 0.3 is 0 Å². The molecule has 0 unspecified atom stereocenters. The third kappa shape index (κ3) is 4.77. The van der Waals surface area contributed by atoms with Crippen LogP contribution >= 0.6 is 0 Å². The number of nitrogens with one attached hydrogen (secondary N) is 1. The van der Waals surface area contributed by atoms with Crippen LogP contribution in [-0.4, -0.2) is 29.7 Å². The predicted molar refractivity (Wildman–Crippen MR) is 81.7 cm³/mol. The molecule has 0 heterocycles. The summed E-state index contributed by atoms with van der Waals surface area (Å²) in [5.74, 6) is -0.494. The smallest absolute Gasteiger partial charge is 0.267 e. The lowest BCUT2D eigenvalue weighted by Gasteiger charge is -2.15. The van der Waals surface area contributed by atoms with Gasteiger partial charge in [0.05, 0.1) is 0 Å². The van der Waals surface area contributed by atoms with E-state index >= 15 is 0 Å². The first-order valence-electron chi connectivity index (χ1n) is 6.80. The van der Waals surface area contributed by atoms with Crippen molar-refractivity contribution >= 4 is 17.4 Å². The highest BCUT2D eigenvalue weighted by Gasteiger charge is 2.11. The van der Waals surface area contributed by atoms with Crippen molar-refractivity contribution in [3.8, 4) is 6.07 Å². The Morgan fingerprint density at radius 2 is 1.81 bits per heavy atom. The van der Waals surface area contributed by atoms with Gasteiger partial charge in [0.2, 0.25) is 0 Å². The third-order valence-corrected chi connectivity index (χ3v) is 3.04. The van der Waals surface area contributed by atoms with E-state index in [4.69, 9.17) is 5.26 Å². The summed E-state index contributed by atoms with van der Waals surface area (Å²) in [6.45, 7) is 6.83. The van der Waals surface area contributed by atoms with Crippen LogP contribution in [0.5, 0.6) is 0 Å². The van der Waals surface area contributed by atoms with Gasteiger partial charge in [-0.25, -0.2) is 0 Å². The maximum atomic E-state index is 12.0. The Labute approximate surface area is 124 Å². The van der Waals surface area contributed by atoms with Crippen molar-refractivity contribution < 1.29 is 9.59 Å². The second-order valence-electron chi connectivity index (χ2n) is 4.46. The van der Waals surface area contributed by atoms with E-state index in [1.807, 2.05) is 24.8 Å². The van der Waals surface area contributed by atoms with Crippen LogP contribution in [0.4, 0.5) is 5.69 Å². The summed E-state index contributed by atoms with van der Waals surface area (Å²) in [4.78, 5) is 25.1. The second-order valence-corrected chi connectivity index (χ2v) is 4.46. The van der Waals surface area contributed by atoms with Gasteiger partial charge in [-0.05, 0) is 45.0 Å². The average Bonchev–Trinajstić information content (AvgIpc) is 2.49. The summed E-state index contributed by atoms with van der Waals surface area (Å²) >= 11 is 0. The van der Waals surface area contributed by atoms with Crippen LogP contribution in [0, 0.1) is 11.3 Å². The van der Waals surface area contributed by atoms with Crippen LogP contribution < -0.4 is 5.32 Å². The highest BCUT2D eigenvalue weighted by atomic mass is 16.1. The van der Waals surface area contributed by atoms with Gasteiger partial charge in [-0.15, -0.1) is 0 Å². The van der Waals surface area contributed by atoms with Gasteiger partial charge in [0, 0.05) is 30.5 Å². The van der Waals surface area contributed by atoms with E-state index < -0.39 is 5.91 Å². The molecular weight excluding hydrogens is 266 g/mol. The molecule has 1 rings (SSSR count). The molecule has 1 amide bonds. The summed E-state index contributed by atoms with van der Waals surface area (Å²) < 4.78 is 0. The van der Waals surface area contributed by atoms with Crippen molar-refractivity contribution in [3.05, 3.63) is 41.6 Å². The maximum Gasteiger partial charge on any atom is 0.267 e. The maximum absolute atomic E-state index is 12.0. The number of Topliss-reactive ketones (excluding diaryl/α,β-unsaturated/α-hetero) is 1. The molecule has 110 valence electrons. The normalized spacial score (nSPS) is 10.7. The minimum Gasteiger partial charge on any atom is -0.377 e. The second kappa shape index (κ2) is 7.85. The number of ketones is 1. The van der Waals surface area contributed by atoms with E-state index in [-0.39, 0.29) is 11.4 Å². The lowest BCUT2D eigenvalue weighted by Crippen LogP contribution is -2.20. The number of carbonyl (C=O) groups is 2. The Kier molecular flexibility index (Phi) is 6.15. The van der Waals surface area contributed by atoms with Gasteiger partial charge < -0.3 is 10.2 Å². The highest BCUT2D eigenvalue weighted by Crippen LogP contribution is 2.11. The molecule has 1 aromatic rings. The van der Waals surface area contributed by atoms with Crippen molar-refractivity contribution in [1.29, 1.82) is 5.26 Å². The summed E-state index contributed by atoms with van der Waals surface area (Å²) in [6, 6.07) is 8.46. The average molecular weight is 285 g/mol. The monoisotopic (exact) mass is 285 g/mol. The van der Waals surface area contributed by atoms with Crippen LogP contribution in [-0.2, 0) is 4.79 Å². The first kappa shape index (κ1) is 16.4. The van der Waals surface area contributed by atoms with Gasteiger partial charge in [0.25, 0.3) is 5.91 Å². The molecule has 0 aromatic heterocycles. The summed E-state index contributed by atoms with van der Waals surface area (Å²) in [6.07, 6.45) is 1.55. The van der Waals surface area contributed by atoms with Gasteiger partial charge in [0.1, 0.15) is 11.6 Å². The number of benzene rings is 1. The molecule has 5 heteroatoms. The van der Waals surface area contributed by atoms with Gasteiger partial charge in [0.15, 0.2) is 5.78 Å². The molecule has 1 N–H and O–H groups in total. The van der Waals surface area contributed by atoms with Crippen molar-refractivity contribution in [3.63, 3.8) is 0 Å². The fourth-order valence-corrected chi connectivity index (χ4v) is 1.71. The first-order valence-corrected chi connectivity index (χ1v) is 6.80. The number of nitrogens with zero attached hydrogens (tertiary/aromatic N) is 2. The van der Waals surface area contributed by atoms with E-state index in [0.29, 0.717) is 11.3 Å². The molecule has 0 aliphatic carbocycles. The zero-order valence-corrected chi connectivity index (χ0v) is 12.5. The Morgan fingerprint density at radius 1 is 1.24 bits per heavy atom. The van der Waals surface area contributed by atoms with E-state index in [1.165, 1.54) is 6.92 Å². The molecule has 0 radical (unpaired) electrons. The number of amides is 1. The lowest BCUT2D eigenvalue weighted by atomic mass is 10.1. The van der Waals surface area contributed by atoms with E-state index in [1.54, 1.807) is 30.5 Å². The topological polar surface area (TPSA) is 73.2 Å². The SMILES string of the molecule is CCN(/C=C(/C#N)C(=O)Nc1ccc(C(C)=O)cc1)CC. The van der Waals surface area contributed by atoms with E-state index in [9.17, 15) is 9.59 Å². The number of carbonyl (C=O) groups excluding carboxylic acids is 2. The number of hydrogen-bond donors (Lipinski definition) is 1. The molecule has 21 heavy (non-hydrogen) atoms. The van der Waals surface area contributed by atoms with Crippen LogP contribution in [0.3, 0.4) is 0 Å². The zero-order chi connectivity index (χ0) is 15.8.